The predicted molar refractivity (Wildman–Crippen MR) is 69.1 cm³/mol. The number of rotatable bonds is 4. The maximum Gasteiger partial charge on any atom is 0.310 e. The quantitative estimate of drug-likeness (QED) is 0.755. The summed E-state index contributed by atoms with van der Waals surface area (Å²) in [5.74, 6) is 0.335. The number of pyridine rings is 1. The number of hydrogen-bond donors (Lipinski definition) is 0. The van der Waals surface area contributed by atoms with Crippen molar-refractivity contribution in [1.82, 2.24) is 9.88 Å². The Kier molecular flexibility index (Phi) is 4.31. The summed E-state index contributed by atoms with van der Waals surface area (Å²) in [7, 11) is 1.47. The average Bonchev–Trinajstić information content (AvgIpc) is 2.78. The third kappa shape index (κ3) is 3.07. The first kappa shape index (κ1) is 13.0. The van der Waals surface area contributed by atoms with Crippen LogP contribution in [0.4, 0.5) is 0 Å². The molecule has 2 heterocycles. The molecule has 0 bridgehead atoms. The minimum atomic E-state index is -0.0774. The molecule has 98 valence electrons. The van der Waals surface area contributed by atoms with Crippen LogP contribution in [0.15, 0.2) is 24.5 Å². The molecule has 4 nitrogen and oxygen atoms in total. The van der Waals surface area contributed by atoms with E-state index < -0.39 is 0 Å². The second kappa shape index (κ2) is 5.96. The van der Waals surface area contributed by atoms with Gasteiger partial charge in [-0.15, -0.1) is 0 Å². The van der Waals surface area contributed by atoms with Gasteiger partial charge in [0.2, 0.25) is 0 Å². The summed E-state index contributed by atoms with van der Waals surface area (Å²) in [6.45, 7) is 4.88. The Morgan fingerprint density at radius 2 is 2.39 bits per heavy atom. The van der Waals surface area contributed by atoms with Gasteiger partial charge in [-0.05, 0) is 24.0 Å². The number of nitrogens with zero attached hydrogens (tertiary/aromatic N) is 2. The van der Waals surface area contributed by atoms with Gasteiger partial charge >= 0.3 is 5.97 Å². The van der Waals surface area contributed by atoms with Gasteiger partial charge < -0.3 is 9.64 Å². The Labute approximate surface area is 108 Å². The molecule has 4 heteroatoms. The summed E-state index contributed by atoms with van der Waals surface area (Å²) >= 11 is 0. The lowest BCUT2D eigenvalue weighted by atomic mass is 9.99. The Balaban J connectivity index is 1.84. The molecule has 1 fully saturated rings. The van der Waals surface area contributed by atoms with Crippen molar-refractivity contribution in [2.45, 2.75) is 13.3 Å². The summed E-state index contributed by atoms with van der Waals surface area (Å²) < 4.78 is 4.84. The molecule has 0 N–H and O–H groups in total. The third-order valence-corrected chi connectivity index (χ3v) is 3.63. The smallest absolute Gasteiger partial charge is 0.310 e. The highest BCUT2D eigenvalue weighted by Crippen LogP contribution is 2.24. The summed E-state index contributed by atoms with van der Waals surface area (Å²) in [5, 5.41) is 0. The minimum absolute atomic E-state index is 0.0314. The number of esters is 1. The maximum absolute atomic E-state index is 11.6. The fourth-order valence-electron chi connectivity index (χ4n) is 2.54. The largest absolute Gasteiger partial charge is 0.469 e. The van der Waals surface area contributed by atoms with Crippen LogP contribution in [0.3, 0.4) is 0 Å². The highest BCUT2D eigenvalue weighted by molar-refractivity contribution is 5.73. The second-order valence-corrected chi connectivity index (χ2v) is 4.98. The van der Waals surface area contributed by atoms with Crippen LogP contribution in [0.5, 0.6) is 0 Å². The third-order valence-electron chi connectivity index (χ3n) is 3.63. The van der Waals surface area contributed by atoms with Crippen molar-refractivity contribution in [3.8, 4) is 0 Å². The molecule has 2 rings (SSSR count). The van der Waals surface area contributed by atoms with Gasteiger partial charge in [-0.25, -0.2) is 0 Å². The minimum Gasteiger partial charge on any atom is -0.469 e. The summed E-state index contributed by atoms with van der Waals surface area (Å²) in [5.41, 5.74) is 1.24. The van der Waals surface area contributed by atoms with Crippen molar-refractivity contribution < 1.29 is 9.53 Å². The fourth-order valence-corrected chi connectivity index (χ4v) is 2.54. The summed E-state index contributed by atoms with van der Waals surface area (Å²) in [4.78, 5) is 18.0. The molecule has 0 aromatic carbocycles. The zero-order chi connectivity index (χ0) is 13.0. The van der Waals surface area contributed by atoms with E-state index in [9.17, 15) is 4.79 Å². The van der Waals surface area contributed by atoms with Crippen molar-refractivity contribution in [1.29, 1.82) is 0 Å². The predicted octanol–water partition coefficient (Wildman–Crippen LogP) is 1.36. The van der Waals surface area contributed by atoms with E-state index in [0.29, 0.717) is 5.92 Å². The molecular formula is C14H20N2O2. The molecule has 2 atom stereocenters. The Hall–Kier alpha value is -1.42. The molecule has 1 aliphatic rings. The van der Waals surface area contributed by atoms with Crippen molar-refractivity contribution in [2.75, 3.05) is 26.7 Å². The van der Waals surface area contributed by atoms with E-state index in [-0.39, 0.29) is 11.9 Å². The number of carbonyl (C=O) groups is 1. The fraction of sp³-hybridized carbons (Fsp3) is 0.571. The number of hydrogen-bond acceptors (Lipinski definition) is 4. The van der Waals surface area contributed by atoms with Crippen LogP contribution in [-0.4, -0.2) is 42.6 Å². The topological polar surface area (TPSA) is 42.4 Å². The first-order valence-corrected chi connectivity index (χ1v) is 6.40. The number of carbonyl (C=O) groups excluding carboxylic acids is 1. The van der Waals surface area contributed by atoms with Crippen LogP contribution in [0.1, 0.15) is 12.5 Å². The van der Waals surface area contributed by atoms with Gasteiger partial charge in [-0.3, -0.25) is 9.78 Å². The maximum atomic E-state index is 11.6. The van der Waals surface area contributed by atoms with E-state index in [0.717, 1.165) is 26.1 Å². The Bertz CT molecular complexity index is 394. The average molecular weight is 248 g/mol. The molecule has 0 amide bonds. The van der Waals surface area contributed by atoms with Crippen LogP contribution < -0.4 is 0 Å². The molecule has 18 heavy (non-hydrogen) atoms. The standard InChI is InChI=1S/C14H20N2O2/c1-11-9-16(10-13(11)14(17)18-2)7-5-12-4-3-6-15-8-12/h3-4,6,8,11,13H,5,7,9-10H2,1-2H3. The van der Waals surface area contributed by atoms with Crippen LogP contribution in [0.25, 0.3) is 0 Å². The highest BCUT2D eigenvalue weighted by atomic mass is 16.5. The SMILES string of the molecule is COC(=O)C1CN(CCc2cccnc2)CC1C. The lowest BCUT2D eigenvalue weighted by Gasteiger charge is -2.14. The highest BCUT2D eigenvalue weighted by Gasteiger charge is 2.34. The van der Waals surface area contributed by atoms with Crippen LogP contribution >= 0.6 is 0 Å². The van der Waals surface area contributed by atoms with Crippen molar-refractivity contribution >= 4 is 5.97 Å². The van der Waals surface area contributed by atoms with Gasteiger partial charge in [0.25, 0.3) is 0 Å². The monoisotopic (exact) mass is 248 g/mol. The van der Waals surface area contributed by atoms with E-state index in [1.165, 1.54) is 12.7 Å². The van der Waals surface area contributed by atoms with E-state index in [2.05, 4.69) is 22.9 Å². The van der Waals surface area contributed by atoms with Gasteiger partial charge in [0.05, 0.1) is 13.0 Å². The van der Waals surface area contributed by atoms with E-state index >= 15 is 0 Å². The first-order valence-electron chi connectivity index (χ1n) is 6.40. The van der Waals surface area contributed by atoms with E-state index in [1.807, 2.05) is 12.3 Å². The van der Waals surface area contributed by atoms with Crippen molar-refractivity contribution in [2.24, 2.45) is 11.8 Å². The number of aromatic nitrogens is 1. The van der Waals surface area contributed by atoms with Crippen LogP contribution in [-0.2, 0) is 16.0 Å². The molecule has 2 unspecified atom stereocenters. The molecule has 0 spiro atoms. The second-order valence-electron chi connectivity index (χ2n) is 4.98. The molecule has 0 saturated carbocycles. The summed E-state index contributed by atoms with van der Waals surface area (Å²) in [6.07, 6.45) is 4.67. The normalized spacial score (nSPS) is 24.1. The number of ether oxygens (including phenoxy) is 1. The molecule has 1 aromatic heterocycles. The van der Waals surface area contributed by atoms with E-state index in [4.69, 9.17) is 4.74 Å². The molecule has 1 saturated heterocycles. The molecule has 1 aromatic rings. The first-order chi connectivity index (χ1) is 8.70. The number of likely N-dealkylation sites (tertiary alicyclic amines) is 1. The Morgan fingerprint density at radius 1 is 1.56 bits per heavy atom. The molecule has 1 aliphatic heterocycles. The van der Waals surface area contributed by atoms with Gasteiger partial charge in [0, 0.05) is 32.0 Å². The van der Waals surface area contributed by atoms with Crippen molar-refractivity contribution in [3.05, 3.63) is 30.1 Å². The van der Waals surface area contributed by atoms with Crippen LogP contribution in [0, 0.1) is 11.8 Å². The molecule has 0 radical (unpaired) electrons. The van der Waals surface area contributed by atoms with Gasteiger partial charge in [-0.1, -0.05) is 13.0 Å². The van der Waals surface area contributed by atoms with Gasteiger partial charge in [-0.2, -0.15) is 0 Å². The number of methoxy groups -OCH3 is 1. The zero-order valence-electron chi connectivity index (χ0n) is 11.0. The van der Waals surface area contributed by atoms with Gasteiger partial charge in [0.1, 0.15) is 0 Å². The van der Waals surface area contributed by atoms with Crippen molar-refractivity contribution in [3.63, 3.8) is 0 Å². The lowest BCUT2D eigenvalue weighted by Crippen LogP contribution is -2.26. The lowest BCUT2D eigenvalue weighted by molar-refractivity contribution is -0.146. The summed E-state index contributed by atoms with van der Waals surface area (Å²) in [6, 6.07) is 4.05. The molecule has 0 aliphatic carbocycles. The Morgan fingerprint density at radius 3 is 3.06 bits per heavy atom. The van der Waals surface area contributed by atoms with Crippen LogP contribution in [0.2, 0.25) is 0 Å². The zero-order valence-corrected chi connectivity index (χ0v) is 11.0. The van der Waals surface area contributed by atoms with E-state index in [1.54, 1.807) is 6.20 Å². The molecular weight excluding hydrogens is 228 g/mol. The van der Waals surface area contributed by atoms with Gasteiger partial charge in [0.15, 0.2) is 0 Å².